The summed E-state index contributed by atoms with van der Waals surface area (Å²) in [6.07, 6.45) is 9.18. The maximum Gasteiger partial charge on any atom is 0.0653 e. The Hall–Kier alpha value is -0.0800. The van der Waals surface area contributed by atoms with E-state index in [4.69, 9.17) is 5.11 Å². The average molecular weight is 311 g/mol. The molecule has 2 saturated carbocycles. The van der Waals surface area contributed by atoms with Crippen LogP contribution in [-0.4, -0.2) is 22.4 Å². The van der Waals surface area contributed by atoms with E-state index in [-0.39, 0.29) is 12.0 Å². The lowest BCUT2D eigenvalue weighted by atomic mass is 9.45. The summed E-state index contributed by atoms with van der Waals surface area (Å²) < 4.78 is 0. The predicted molar refractivity (Wildman–Crippen MR) is 92.7 cm³/mol. The molecular formula is C20H38O2. The van der Waals surface area contributed by atoms with Crippen LogP contribution in [0.5, 0.6) is 0 Å². The first kappa shape index (κ1) is 18.3. The minimum Gasteiger partial charge on any atom is -0.396 e. The summed E-state index contributed by atoms with van der Waals surface area (Å²) in [5.41, 5.74) is 0.179. The normalized spacial score (nSPS) is 42.7. The van der Waals surface area contributed by atoms with Gasteiger partial charge < -0.3 is 10.2 Å². The maximum atomic E-state index is 11.1. The number of hydrogen-bond donors (Lipinski definition) is 2. The zero-order valence-corrected chi connectivity index (χ0v) is 15.5. The summed E-state index contributed by atoms with van der Waals surface area (Å²) in [6.45, 7) is 12.0. The van der Waals surface area contributed by atoms with E-state index in [1.807, 2.05) is 0 Å². The highest BCUT2D eigenvalue weighted by atomic mass is 16.3. The van der Waals surface area contributed by atoms with Crippen molar-refractivity contribution in [1.29, 1.82) is 0 Å². The summed E-state index contributed by atoms with van der Waals surface area (Å²) in [4.78, 5) is 0. The molecule has 0 bridgehead atoms. The lowest BCUT2D eigenvalue weighted by Gasteiger charge is -2.61. The fourth-order valence-corrected chi connectivity index (χ4v) is 6.08. The number of rotatable bonds is 5. The summed E-state index contributed by atoms with van der Waals surface area (Å²) in [5.74, 6) is 1.70. The summed E-state index contributed by atoms with van der Waals surface area (Å²) in [5, 5.41) is 20.2. The molecule has 130 valence electrons. The van der Waals surface area contributed by atoms with Crippen LogP contribution >= 0.6 is 0 Å². The van der Waals surface area contributed by atoms with E-state index in [2.05, 4.69) is 34.6 Å². The van der Waals surface area contributed by atoms with Crippen molar-refractivity contribution in [2.24, 2.45) is 28.6 Å². The zero-order valence-electron chi connectivity index (χ0n) is 15.5. The van der Waals surface area contributed by atoms with Crippen LogP contribution < -0.4 is 0 Å². The SMILES string of the molecule is C[C@H](CCO)CC[C@@H]1[C@]2(C)CCCC(C)(C)[C@@H]2CC[C@@]1(C)O. The zero-order chi connectivity index (χ0) is 16.6. The highest BCUT2D eigenvalue weighted by Gasteiger charge is 2.57. The van der Waals surface area contributed by atoms with Crippen molar-refractivity contribution in [3.05, 3.63) is 0 Å². The molecule has 2 N–H and O–H groups in total. The van der Waals surface area contributed by atoms with Crippen molar-refractivity contribution in [3.63, 3.8) is 0 Å². The Morgan fingerprint density at radius 3 is 2.36 bits per heavy atom. The molecule has 2 aliphatic rings. The Morgan fingerprint density at radius 1 is 1.05 bits per heavy atom. The monoisotopic (exact) mass is 310 g/mol. The van der Waals surface area contributed by atoms with E-state index >= 15 is 0 Å². The van der Waals surface area contributed by atoms with Crippen molar-refractivity contribution in [1.82, 2.24) is 0 Å². The Balaban J connectivity index is 2.19. The van der Waals surface area contributed by atoms with E-state index < -0.39 is 5.60 Å². The summed E-state index contributed by atoms with van der Waals surface area (Å²) in [6, 6.07) is 0. The molecule has 0 aliphatic heterocycles. The molecule has 0 saturated heterocycles. The third-order valence-electron chi connectivity index (χ3n) is 7.33. The van der Waals surface area contributed by atoms with Crippen molar-refractivity contribution >= 4 is 0 Å². The van der Waals surface area contributed by atoms with Crippen molar-refractivity contribution < 1.29 is 10.2 Å². The van der Waals surface area contributed by atoms with Crippen LogP contribution in [0.2, 0.25) is 0 Å². The molecule has 22 heavy (non-hydrogen) atoms. The number of fused-ring (bicyclic) bond motifs is 1. The van der Waals surface area contributed by atoms with Crippen LogP contribution in [0.4, 0.5) is 0 Å². The molecule has 0 aromatic heterocycles. The number of hydrogen-bond acceptors (Lipinski definition) is 2. The molecule has 2 aliphatic carbocycles. The molecule has 2 rings (SSSR count). The molecule has 2 nitrogen and oxygen atoms in total. The van der Waals surface area contributed by atoms with Gasteiger partial charge in [-0.15, -0.1) is 0 Å². The molecule has 0 aromatic carbocycles. The van der Waals surface area contributed by atoms with Gasteiger partial charge in [-0.1, -0.05) is 40.5 Å². The third-order valence-corrected chi connectivity index (χ3v) is 7.33. The summed E-state index contributed by atoms with van der Waals surface area (Å²) >= 11 is 0. The van der Waals surface area contributed by atoms with Gasteiger partial charge in [-0.2, -0.15) is 0 Å². The van der Waals surface area contributed by atoms with Gasteiger partial charge in [-0.3, -0.25) is 0 Å². The fourth-order valence-electron chi connectivity index (χ4n) is 6.08. The van der Waals surface area contributed by atoms with Gasteiger partial charge in [0.05, 0.1) is 5.60 Å². The Labute approximate surface area is 137 Å². The minimum absolute atomic E-state index is 0.280. The smallest absolute Gasteiger partial charge is 0.0653 e. The Bertz CT molecular complexity index is 374. The standard InChI is InChI=1S/C20H38O2/c1-15(10-14-21)7-8-17-19(4)12-6-11-18(2,3)16(19)9-13-20(17,5)22/h15-17,21-22H,6-14H2,1-5H3/t15-,16-,17+,19+,20+/m0/s1. The van der Waals surface area contributed by atoms with Crippen molar-refractivity contribution in [2.75, 3.05) is 6.61 Å². The molecular weight excluding hydrogens is 272 g/mol. The van der Waals surface area contributed by atoms with E-state index in [1.54, 1.807) is 0 Å². The predicted octanol–water partition coefficient (Wildman–Crippen LogP) is 4.78. The molecule has 2 heteroatoms. The second-order valence-electron chi connectivity index (χ2n) is 9.54. The fraction of sp³-hybridized carbons (Fsp3) is 1.00. The van der Waals surface area contributed by atoms with Gasteiger partial charge in [0.2, 0.25) is 0 Å². The lowest BCUT2D eigenvalue weighted by Crippen LogP contribution is -2.57. The number of aliphatic hydroxyl groups excluding tert-OH is 1. The first-order valence-corrected chi connectivity index (χ1v) is 9.47. The first-order chi connectivity index (χ1) is 10.1. The van der Waals surface area contributed by atoms with Crippen LogP contribution in [0, 0.1) is 28.6 Å². The van der Waals surface area contributed by atoms with Gasteiger partial charge in [0.1, 0.15) is 0 Å². The molecule has 0 heterocycles. The largest absolute Gasteiger partial charge is 0.396 e. The first-order valence-electron chi connectivity index (χ1n) is 9.47. The Kier molecular flexibility index (Phi) is 5.34. The molecule has 0 radical (unpaired) electrons. The molecule has 2 fully saturated rings. The molecule has 0 unspecified atom stereocenters. The van der Waals surface area contributed by atoms with Gasteiger partial charge in [-0.05, 0) is 74.0 Å². The van der Waals surface area contributed by atoms with Gasteiger partial charge in [0.15, 0.2) is 0 Å². The van der Waals surface area contributed by atoms with Gasteiger partial charge >= 0.3 is 0 Å². The third kappa shape index (κ3) is 3.38. The quantitative estimate of drug-likeness (QED) is 0.767. The highest BCUT2D eigenvalue weighted by molar-refractivity contribution is 5.07. The van der Waals surface area contributed by atoms with Gasteiger partial charge in [0, 0.05) is 6.61 Å². The molecule has 0 spiro atoms. The average Bonchev–Trinajstić information content (AvgIpc) is 2.36. The van der Waals surface area contributed by atoms with E-state index in [9.17, 15) is 5.11 Å². The van der Waals surface area contributed by atoms with Gasteiger partial charge in [0.25, 0.3) is 0 Å². The number of aliphatic hydroxyl groups is 2. The minimum atomic E-state index is -0.516. The van der Waals surface area contributed by atoms with Crippen molar-refractivity contribution in [2.45, 2.75) is 91.6 Å². The molecule has 5 atom stereocenters. The molecule has 0 aromatic rings. The second-order valence-corrected chi connectivity index (χ2v) is 9.54. The van der Waals surface area contributed by atoms with Crippen LogP contribution in [-0.2, 0) is 0 Å². The second kappa shape index (κ2) is 6.43. The maximum absolute atomic E-state index is 11.1. The van der Waals surface area contributed by atoms with E-state index in [0.29, 0.717) is 17.3 Å². The topological polar surface area (TPSA) is 40.5 Å². The van der Waals surface area contributed by atoms with Crippen LogP contribution in [0.15, 0.2) is 0 Å². The lowest BCUT2D eigenvalue weighted by molar-refractivity contribution is -0.170. The molecule has 0 amide bonds. The highest BCUT2D eigenvalue weighted by Crippen LogP contribution is 2.63. The Morgan fingerprint density at radius 2 is 1.73 bits per heavy atom. The van der Waals surface area contributed by atoms with Crippen molar-refractivity contribution in [3.8, 4) is 0 Å². The van der Waals surface area contributed by atoms with E-state index in [0.717, 1.165) is 31.6 Å². The van der Waals surface area contributed by atoms with Crippen LogP contribution in [0.3, 0.4) is 0 Å². The summed E-state index contributed by atoms with van der Waals surface area (Å²) in [7, 11) is 0. The van der Waals surface area contributed by atoms with Crippen LogP contribution in [0.1, 0.15) is 86.0 Å². The van der Waals surface area contributed by atoms with Gasteiger partial charge in [-0.25, -0.2) is 0 Å². The van der Waals surface area contributed by atoms with E-state index in [1.165, 1.54) is 25.7 Å². The van der Waals surface area contributed by atoms with Crippen LogP contribution in [0.25, 0.3) is 0 Å².